The van der Waals surface area contributed by atoms with Crippen LogP contribution in [-0.4, -0.2) is 12.1 Å². The monoisotopic (exact) mass is 186 g/mol. The number of rotatable bonds is 1. The lowest BCUT2D eigenvalue weighted by Crippen LogP contribution is -2.30. The summed E-state index contributed by atoms with van der Waals surface area (Å²) >= 11 is 0. The largest absolute Gasteiger partial charge is 0.366 e. The second-order valence-electron chi connectivity index (χ2n) is 3.09. The number of hydrogen-bond acceptors (Lipinski definition) is 2. The normalized spacial score (nSPS) is 14.1. The topological polar surface area (TPSA) is 55.5 Å². The highest BCUT2D eigenvalue weighted by molar-refractivity contribution is 6.15. The lowest BCUT2D eigenvalue weighted by Gasteiger charge is -1.97. The molecule has 0 bridgehead atoms. The van der Waals surface area contributed by atoms with Gasteiger partial charge in [0.2, 0.25) is 5.91 Å². The molecule has 1 aromatic carbocycles. The molecule has 1 heterocycles. The van der Waals surface area contributed by atoms with Crippen molar-refractivity contribution in [3.05, 3.63) is 34.7 Å². The van der Waals surface area contributed by atoms with Gasteiger partial charge < -0.3 is 5.73 Å². The number of nitrogens with zero attached hydrogens (tertiary/aromatic N) is 1. The Hall–Kier alpha value is -1.90. The number of benzene rings is 1. The zero-order valence-corrected chi connectivity index (χ0v) is 7.60. The molecule has 3 nitrogen and oxygen atoms in total. The Balaban J connectivity index is 2.86. The smallest absolute Gasteiger partial charge is 0.245 e. The zero-order valence-electron chi connectivity index (χ0n) is 7.60. The molecule has 0 fully saturated rings. The van der Waals surface area contributed by atoms with E-state index in [4.69, 9.17) is 5.73 Å². The summed E-state index contributed by atoms with van der Waals surface area (Å²) < 4.78 is 0. The summed E-state index contributed by atoms with van der Waals surface area (Å²) in [5.41, 5.74) is 5.92. The molecule has 14 heavy (non-hydrogen) atoms. The molecule has 0 unspecified atom stereocenters. The van der Waals surface area contributed by atoms with Gasteiger partial charge in [0.1, 0.15) is 0 Å². The average molecular weight is 186 g/mol. The quantitative estimate of drug-likeness (QED) is 0.633. The lowest BCUT2D eigenvalue weighted by atomic mass is 10.1. The van der Waals surface area contributed by atoms with E-state index in [0.29, 0.717) is 12.0 Å². The fourth-order valence-electron chi connectivity index (χ4n) is 1.50. The van der Waals surface area contributed by atoms with Crippen LogP contribution >= 0.6 is 0 Å². The van der Waals surface area contributed by atoms with Gasteiger partial charge in [-0.2, -0.15) is 0 Å². The Kier molecular flexibility index (Phi) is 2.14. The molecule has 0 radical (unpaired) electrons. The highest BCUT2D eigenvalue weighted by Crippen LogP contribution is 1.97. The van der Waals surface area contributed by atoms with Crippen LogP contribution in [0.1, 0.15) is 6.42 Å². The fourth-order valence-corrected chi connectivity index (χ4v) is 1.50. The van der Waals surface area contributed by atoms with E-state index in [-0.39, 0.29) is 5.91 Å². The predicted octanol–water partition coefficient (Wildman–Crippen LogP) is -0.465. The SMILES string of the molecule is NC(=O)C1=c2ccccc2=CN=CC1. The van der Waals surface area contributed by atoms with Gasteiger partial charge in [-0.25, -0.2) is 0 Å². The average Bonchev–Trinajstić information content (AvgIpc) is 2.39. The van der Waals surface area contributed by atoms with E-state index >= 15 is 0 Å². The van der Waals surface area contributed by atoms with Crippen molar-refractivity contribution in [2.75, 3.05) is 0 Å². The summed E-state index contributed by atoms with van der Waals surface area (Å²) in [5, 5.41) is 1.83. The first-order valence-electron chi connectivity index (χ1n) is 4.39. The maximum atomic E-state index is 11.2. The first kappa shape index (κ1) is 8.69. The van der Waals surface area contributed by atoms with E-state index in [1.165, 1.54) is 0 Å². The minimum absolute atomic E-state index is 0.376. The van der Waals surface area contributed by atoms with Crippen molar-refractivity contribution in [2.45, 2.75) is 6.42 Å². The number of fused-ring (bicyclic) bond motifs is 1. The second-order valence-corrected chi connectivity index (χ2v) is 3.09. The van der Waals surface area contributed by atoms with E-state index in [0.717, 1.165) is 10.4 Å². The summed E-state index contributed by atoms with van der Waals surface area (Å²) in [6.07, 6.45) is 3.94. The second kappa shape index (κ2) is 3.46. The van der Waals surface area contributed by atoms with Crippen LogP contribution < -0.4 is 16.2 Å². The molecule has 0 aromatic heterocycles. The Morgan fingerprint density at radius 2 is 2.14 bits per heavy atom. The number of aliphatic imine (C=N–C) groups is 1. The maximum Gasteiger partial charge on any atom is 0.245 e. The molecular weight excluding hydrogens is 176 g/mol. The Morgan fingerprint density at radius 1 is 1.36 bits per heavy atom. The molecule has 1 aromatic rings. The van der Waals surface area contributed by atoms with Gasteiger partial charge in [0, 0.05) is 29.6 Å². The number of amides is 1. The number of carbonyl (C=O) groups is 1. The van der Waals surface area contributed by atoms with Crippen LogP contribution in [0.2, 0.25) is 0 Å². The van der Waals surface area contributed by atoms with Gasteiger partial charge >= 0.3 is 0 Å². The standard InChI is InChI=1S/C11H10N2O/c12-11(14)10-5-6-13-7-8-3-1-2-4-9(8)10/h1-4,6-7H,5H2,(H2,12,14). The first-order valence-corrected chi connectivity index (χ1v) is 4.39. The number of hydrogen-bond donors (Lipinski definition) is 1. The summed E-state index contributed by atoms with van der Waals surface area (Å²) in [7, 11) is 0. The third-order valence-corrected chi connectivity index (χ3v) is 2.20. The van der Waals surface area contributed by atoms with Crippen molar-refractivity contribution in [3.8, 4) is 0 Å². The zero-order chi connectivity index (χ0) is 9.97. The van der Waals surface area contributed by atoms with Crippen LogP contribution in [0.5, 0.6) is 0 Å². The molecular formula is C11H10N2O. The van der Waals surface area contributed by atoms with Crippen LogP contribution in [0.4, 0.5) is 0 Å². The number of nitrogens with two attached hydrogens (primary N) is 1. The molecule has 70 valence electrons. The van der Waals surface area contributed by atoms with Gasteiger partial charge in [-0.3, -0.25) is 9.79 Å². The van der Waals surface area contributed by atoms with Gasteiger partial charge in [-0.1, -0.05) is 24.3 Å². The molecule has 2 rings (SSSR count). The van der Waals surface area contributed by atoms with Crippen LogP contribution in [-0.2, 0) is 4.79 Å². The predicted molar refractivity (Wildman–Crippen MR) is 55.9 cm³/mol. The van der Waals surface area contributed by atoms with Crippen molar-refractivity contribution < 1.29 is 4.79 Å². The van der Waals surface area contributed by atoms with Crippen LogP contribution in [0.25, 0.3) is 11.8 Å². The van der Waals surface area contributed by atoms with Crippen LogP contribution in [0.15, 0.2) is 29.3 Å². The number of carbonyl (C=O) groups excluding carboxylic acids is 1. The molecule has 0 atom stereocenters. The lowest BCUT2D eigenvalue weighted by molar-refractivity contribution is -0.113. The van der Waals surface area contributed by atoms with Crippen molar-refractivity contribution in [2.24, 2.45) is 10.7 Å². The summed E-state index contributed by atoms with van der Waals surface area (Å²) in [4.78, 5) is 15.2. The molecule has 1 aliphatic rings. The van der Waals surface area contributed by atoms with Crippen molar-refractivity contribution in [1.29, 1.82) is 0 Å². The Labute approximate surface area is 81.3 Å². The van der Waals surface area contributed by atoms with E-state index in [1.807, 2.05) is 24.3 Å². The van der Waals surface area contributed by atoms with Crippen LogP contribution in [0, 0.1) is 0 Å². The summed E-state index contributed by atoms with van der Waals surface area (Å²) in [6.45, 7) is 0. The summed E-state index contributed by atoms with van der Waals surface area (Å²) in [5.74, 6) is -0.376. The van der Waals surface area contributed by atoms with Gasteiger partial charge in [-0.05, 0) is 5.22 Å². The molecule has 3 heteroatoms. The van der Waals surface area contributed by atoms with E-state index in [1.54, 1.807) is 12.4 Å². The molecule has 0 saturated carbocycles. The van der Waals surface area contributed by atoms with Crippen molar-refractivity contribution in [3.63, 3.8) is 0 Å². The Bertz CT molecular complexity index is 514. The Morgan fingerprint density at radius 3 is 2.93 bits per heavy atom. The van der Waals surface area contributed by atoms with Gasteiger partial charge in [0.05, 0.1) is 0 Å². The molecule has 1 aliphatic heterocycles. The molecule has 0 saturated heterocycles. The van der Waals surface area contributed by atoms with E-state index in [2.05, 4.69) is 4.99 Å². The molecule has 0 spiro atoms. The number of primary amides is 1. The van der Waals surface area contributed by atoms with Crippen LogP contribution in [0.3, 0.4) is 0 Å². The van der Waals surface area contributed by atoms with Crippen molar-refractivity contribution >= 4 is 23.9 Å². The van der Waals surface area contributed by atoms with Crippen molar-refractivity contribution in [1.82, 2.24) is 0 Å². The minimum Gasteiger partial charge on any atom is -0.366 e. The van der Waals surface area contributed by atoms with Gasteiger partial charge in [0.25, 0.3) is 0 Å². The summed E-state index contributed by atoms with van der Waals surface area (Å²) in [6, 6.07) is 7.61. The highest BCUT2D eigenvalue weighted by atomic mass is 16.1. The van der Waals surface area contributed by atoms with E-state index < -0.39 is 0 Å². The third-order valence-electron chi connectivity index (χ3n) is 2.20. The highest BCUT2D eigenvalue weighted by Gasteiger charge is 2.06. The van der Waals surface area contributed by atoms with Gasteiger partial charge in [0.15, 0.2) is 0 Å². The van der Waals surface area contributed by atoms with Gasteiger partial charge in [-0.15, -0.1) is 0 Å². The third kappa shape index (κ3) is 1.44. The van der Waals surface area contributed by atoms with E-state index in [9.17, 15) is 4.79 Å². The fraction of sp³-hybridized carbons (Fsp3) is 0.0909. The maximum absolute atomic E-state index is 11.2. The molecule has 0 aliphatic carbocycles. The molecule has 1 amide bonds. The molecule has 2 N–H and O–H groups in total. The minimum atomic E-state index is -0.376. The first-order chi connectivity index (χ1) is 6.79.